The molecule has 1 heterocycles. The summed E-state index contributed by atoms with van der Waals surface area (Å²) < 4.78 is 12.2. The van der Waals surface area contributed by atoms with E-state index in [9.17, 15) is 5.11 Å². The fourth-order valence-electron chi connectivity index (χ4n) is 2.21. The quantitative estimate of drug-likeness (QED) is 0.891. The predicted molar refractivity (Wildman–Crippen MR) is 81.1 cm³/mol. The van der Waals surface area contributed by atoms with E-state index < -0.39 is 6.10 Å². The van der Waals surface area contributed by atoms with E-state index >= 15 is 0 Å². The summed E-state index contributed by atoms with van der Waals surface area (Å²) >= 11 is 6.12. The zero-order valence-electron chi connectivity index (χ0n) is 12.3. The Balaban J connectivity index is 2.41. The highest BCUT2D eigenvalue weighted by atomic mass is 35.5. The van der Waals surface area contributed by atoms with E-state index in [0.29, 0.717) is 34.3 Å². The van der Waals surface area contributed by atoms with Gasteiger partial charge in [0.2, 0.25) is 0 Å². The van der Waals surface area contributed by atoms with Crippen LogP contribution in [0, 0.1) is 0 Å². The summed E-state index contributed by atoms with van der Waals surface area (Å²) in [4.78, 5) is 0. The number of aryl methyl sites for hydroxylation is 1. The Bertz CT molecular complexity index is 613. The van der Waals surface area contributed by atoms with E-state index in [2.05, 4.69) is 12.0 Å². The van der Waals surface area contributed by atoms with Crippen molar-refractivity contribution in [2.24, 2.45) is 0 Å². The van der Waals surface area contributed by atoms with Gasteiger partial charge in [0.05, 0.1) is 25.4 Å². The van der Waals surface area contributed by atoms with Crippen molar-refractivity contribution in [1.29, 1.82) is 0 Å². The third kappa shape index (κ3) is 3.14. The summed E-state index contributed by atoms with van der Waals surface area (Å²) in [5, 5.41) is 15.4. The van der Waals surface area contributed by atoms with Crippen LogP contribution in [0.25, 0.3) is 0 Å². The predicted octanol–water partition coefficient (Wildman–Crippen LogP) is 3.05. The lowest BCUT2D eigenvalue weighted by Crippen LogP contribution is -2.11. The SMILES string of the molecule is CCCn1ncc(OC)c1C(O)c1ccc(OC)c(Cl)c1. The molecule has 1 unspecified atom stereocenters. The summed E-state index contributed by atoms with van der Waals surface area (Å²) in [7, 11) is 3.11. The van der Waals surface area contributed by atoms with Gasteiger partial charge in [-0.25, -0.2) is 0 Å². The molecular weight excluding hydrogens is 292 g/mol. The van der Waals surface area contributed by atoms with Gasteiger partial charge < -0.3 is 14.6 Å². The first-order valence-electron chi connectivity index (χ1n) is 6.73. The number of rotatable bonds is 6. The number of aromatic nitrogens is 2. The average Bonchev–Trinajstić information content (AvgIpc) is 2.89. The highest BCUT2D eigenvalue weighted by Gasteiger charge is 2.22. The molecule has 0 radical (unpaired) electrons. The lowest BCUT2D eigenvalue weighted by atomic mass is 10.1. The van der Waals surface area contributed by atoms with Gasteiger partial charge in [0, 0.05) is 6.54 Å². The Hall–Kier alpha value is -1.72. The molecule has 0 saturated carbocycles. The smallest absolute Gasteiger partial charge is 0.163 e. The minimum absolute atomic E-state index is 0.453. The second-order valence-corrected chi connectivity index (χ2v) is 5.03. The van der Waals surface area contributed by atoms with E-state index in [-0.39, 0.29) is 0 Å². The van der Waals surface area contributed by atoms with Crippen LogP contribution in [0.3, 0.4) is 0 Å². The number of halogens is 1. The Labute approximate surface area is 129 Å². The van der Waals surface area contributed by atoms with Gasteiger partial charge in [0.1, 0.15) is 17.5 Å². The van der Waals surface area contributed by atoms with Gasteiger partial charge in [0.15, 0.2) is 5.75 Å². The summed E-state index contributed by atoms with van der Waals surface area (Å²) in [6.45, 7) is 2.76. The highest BCUT2D eigenvalue weighted by molar-refractivity contribution is 6.32. The molecule has 2 rings (SSSR count). The number of nitrogens with zero attached hydrogens (tertiary/aromatic N) is 2. The largest absolute Gasteiger partial charge is 0.495 e. The third-order valence-corrected chi connectivity index (χ3v) is 3.55. The zero-order valence-corrected chi connectivity index (χ0v) is 13.1. The van der Waals surface area contributed by atoms with Crippen LogP contribution in [0.4, 0.5) is 0 Å². The van der Waals surface area contributed by atoms with Crippen molar-refractivity contribution in [1.82, 2.24) is 9.78 Å². The van der Waals surface area contributed by atoms with Crippen LogP contribution in [0.5, 0.6) is 11.5 Å². The molecule has 1 aromatic carbocycles. The first-order chi connectivity index (χ1) is 10.1. The van der Waals surface area contributed by atoms with Gasteiger partial charge in [-0.2, -0.15) is 5.10 Å². The van der Waals surface area contributed by atoms with Crippen molar-refractivity contribution >= 4 is 11.6 Å². The van der Waals surface area contributed by atoms with Crippen molar-refractivity contribution in [2.75, 3.05) is 14.2 Å². The Kier molecular flexibility index (Phi) is 5.09. The second-order valence-electron chi connectivity index (χ2n) is 4.62. The molecule has 0 bridgehead atoms. The van der Waals surface area contributed by atoms with Gasteiger partial charge in [-0.05, 0) is 24.1 Å². The first-order valence-corrected chi connectivity index (χ1v) is 7.11. The summed E-state index contributed by atoms with van der Waals surface area (Å²) in [5.41, 5.74) is 1.29. The molecule has 0 aliphatic carbocycles. The maximum absolute atomic E-state index is 10.6. The average molecular weight is 311 g/mol. The molecule has 0 amide bonds. The molecule has 21 heavy (non-hydrogen) atoms. The van der Waals surface area contributed by atoms with E-state index in [1.165, 1.54) is 0 Å². The van der Waals surface area contributed by atoms with Gasteiger partial charge in [0.25, 0.3) is 0 Å². The van der Waals surface area contributed by atoms with Crippen molar-refractivity contribution in [3.8, 4) is 11.5 Å². The molecule has 0 aliphatic heterocycles. The number of aliphatic hydroxyl groups is 1. The van der Waals surface area contributed by atoms with E-state index in [4.69, 9.17) is 21.1 Å². The monoisotopic (exact) mass is 310 g/mol. The lowest BCUT2D eigenvalue weighted by molar-refractivity contribution is 0.202. The topological polar surface area (TPSA) is 56.5 Å². The van der Waals surface area contributed by atoms with Crippen LogP contribution in [0.15, 0.2) is 24.4 Å². The Morgan fingerprint density at radius 3 is 2.57 bits per heavy atom. The van der Waals surface area contributed by atoms with E-state index in [0.717, 1.165) is 6.42 Å². The minimum atomic E-state index is -0.864. The fourth-order valence-corrected chi connectivity index (χ4v) is 2.48. The molecule has 5 nitrogen and oxygen atoms in total. The molecule has 1 aromatic heterocycles. The molecule has 0 fully saturated rings. The Morgan fingerprint density at radius 1 is 1.29 bits per heavy atom. The molecule has 114 valence electrons. The normalized spacial score (nSPS) is 12.2. The third-order valence-electron chi connectivity index (χ3n) is 3.25. The number of methoxy groups -OCH3 is 2. The van der Waals surface area contributed by atoms with Crippen LogP contribution >= 0.6 is 11.6 Å². The van der Waals surface area contributed by atoms with Crippen LogP contribution in [-0.4, -0.2) is 29.1 Å². The van der Waals surface area contributed by atoms with Gasteiger partial charge in [-0.1, -0.05) is 24.6 Å². The number of aliphatic hydroxyl groups excluding tert-OH is 1. The first kappa shape index (κ1) is 15.7. The Morgan fingerprint density at radius 2 is 2.00 bits per heavy atom. The van der Waals surface area contributed by atoms with Crippen molar-refractivity contribution < 1.29 is 14.6 Å². The van der Waals surface area contributed by atoms with Gasteiger partial charge >= 0.3 is 0 Å². The van der Waals surface area contributed by atoms with Gasteiger partial charge in [-0.15, -0.1) is 0 Å². The fraction of sp³-hybridized carbons (Fsp3) is 0.400. The number of hydrogen-bond donors (Lipinski definition) is 1. The zero-order chi connectivity index (χ0) is 15.4. The van der Waals surface area contributed by atoms with Crippen LogP contribution in [0.2, 0.25) is 5.02 Å². The summed E-state index contributed by atoms with van der Waals surface area (Å²) in [6, 6.07) is 5.19. The minimum Gasteiger partial charge on any atom is -0.495 e. The number of benzene rings is 1. The van der Waals surface area contributed by atoms with Crippen molar-refractivity contribution in [2.45, 2.75) is 26.0 Å². The van der Waals surface area contributed by atoms with E-state index in [1.54, 1.807) is 43.3 Å². The number of ether oxygens (including phenoxy) is 2. The van der Waals surface area contributed by atoms with Crippen LogP contribution < -0.4 is 9.47 Å². The standard InChI is InChI=1S/C15H19ClN2O3/c1-4-7-18-14(13(21-3)9-17-18)15(19)10-5-6-12(20-2)11(16)8-10/h5-6,8-9,15,19H,4,7H2,1-3H3. The lowest BCUT2D eigenvalue weighted by Gasteiger charge is -2.16. The van der Waals surface area contributed by atoms with Crippen LogP contribution in [-0.2, 0) is 6.54 Å². The molecule has 1 atom stereocenters. The maximum atomic E-state index is 10.6. The molecule has 6 heteroatoms. The maximum Gasteiger partial charge on any atom is 0.163 e. The molecule has 2 aromatic rings. The molecule has 1 N–H and O–H groups in total. The molecule has 0 aliphatic rings. The van der Waals surface area contributed by atoms with Gasteiger partial charge in [-0.3, -0.25) is 4.68 Å². The highest BCUT2D eigenvalue weighted by Crippen LogP contribution is 2.33. The second kappa shape index (κ2) is 6.83. The number of hydrogen-bond acceptors (Lipinski definition) is 4. The van der Waals surface area contributed by atoms with Crippen molar-refractivity contribution in [3.05, 3.63) is 40.7 Å². The van der Waals surface area contributed by atoms with Crippen molar-refractivity contribution in [3.63, 3.8) is 0 Å². The summed E-state index contributed by atoms with van der Waals surface area (Å²) in [5.74, 6) is 1.13. The molecule has 0 saturated heterocycles. The van der Waals surface area contributed by atoms with Crippen LogP contribution in [0.1, 0.15) is 30.7 Å². The molecular formula is C15H19ClN2O3. The summed E-state index contributed by atoms with van der Waals surface area (Å²) in [6.07, 6.45) is 1.66. The molecule has 0 spiro atoms. The van der Waals surface area contributed by atoms with E-state index in [1.807, 2.05) is 0 Å².